The Kier molecular flexibility index (Phi) is 5.70. The quantitative estimate of drug-likeness (QED) is 0.704. The second-order valence-corrected chi connectivity index (χ2v) is 7.65. The summed E-state index contributed by atoms with van der Waals surface area (Å²) in [5.74, 6) is -0.776. The third-order valence-electron chi connectivity index (χ3n) is 5.60. The Labute approximate surface area is 174 Å². The third kappa shape index (κ3) is 4.01. The van der Waals surface area contributed by atoms with E-state index < -0.39 is 11.8 Å². The van der Waals surface area contributed by atoms with Gasteiger partial charge in [-0.05, 0) is 56.0 Å². The summed E-state index contributed by atoms with van der Waals surface area (Å²) in [5, 5.41) is 2.86. The number of hydrogen-bond acceptors (Lipinski definition) is 4. The minimum absolute atomic E-state index is 0.0603. The summed E-state index contributed by atoms with van der Waals surface area (Å²) < 4.78 is 6.56. The van der Waals surface area contributed by atoms with E-state index in [1.54, 1.807) is 43.3 Å². The number of likely N-dealkylation sites (tertiary alicyclic amines) is 1. The largest absolute Gasteiger partial charge is 0.420 e. The van der Waals surface area contributed by atoms with Crippen LogP contribution in [0.25, 0.3) is 11.1 Å². The molecule has 1 saturated heterocycles. The molecular weight excluding hydrogens is 382 g/mol. The Morgan fingerprint density at radius 2 is 1.73 bits per heavy atom. The van der Waals surface area contributed by atoms with Crippen molar-refractivity contribution >= 4 is 22.9 Å². The van der Waals surface area contributed by atoms with Crippen LogP contribution in [0, 0.1) is 0 Å². The summed E-state index contributed by atoms with van der Waals surface area (Å²) in [6, 6.07) is 13.6. The number of benzene rings is 2. The summed E-state index contributed by atoms with van der Waals surface area (Å²) in [7, 11) is 0. The van der Waals surface area contributed by atoms with Gasteiger partial charge in [0, 0.05) is 25.2 Å². The standard InChI is InChI=1S/C23H25N3O4/c1-16(26-19-7-3-4-8-20(19)30-23(26)29)21(27)24-15-17-9-11-18(12-10-17)22(28)25-13-5-2-6-14-25/h3-4,7-12,16H,2,5-6,13-15H2,1H3,(H,24,27). The van der Waals surface area contributed by atoms with Crippen LogP contribution in [-0.2, 0) is 11.3 Å². The van der Waals surface area contributed by atoms with E-state index in [-0.39, 0.29) is 11.8 Å². The van der Waals surface area contributed by atoms with Crippen LogP contribution in [0.2, 0.25) is 0 Å². The van der Waals surface area contributed by atoms with Gasteiger partial charge in [-0.2, -0.15) is 0 Å². The molecule has 1 unspecified atom stereocenters. The first-order valence-corrected chi connectivity index (χ1v) is 10.3. The van der Waals surface area contributed by atoms with Crippen LogP contribution in [0.3, 0.4) is 0 Å². The van der Waals surface area contributed by atoms with Gasteiger partial charge in [0.1, 0.15) is 6.04 Å². The fraction of sp³-hybridized carbons (Fsp3) is 0.348. The second kappa shape index (κ2) is 8.57. The topological polar surface area (TPSA) is 84.5 Å². The first kappa shape index (κ1) is 19.9. The van der Waals surface area contributed by atoms with Gasteiger partial charge in [-0.15, -0.1) is 0 Å². The summed E-state index contributed by atoms with van der Waals surface area (Å²) in [6.07, 6.45) is 3.30. The molecule has 156 valence electrons. The zero-order valence-corrected chi connectivity index (χ0v) is 17.0. The molecule has 1 aliphatic heterocycles. The van der Waals surface area contributed by atoms with Gasteiger partial charge < -0.3 is 14.6 Å². The van der Waals surface area contributed by atoms with Gasteiger partial charge in [-0.1, -0.05) is 24.3 Å². The van der Waals surface area contributed by atoms with E-state index in [1.807, 2.05) is 17.0 Å². The monoisotopic (exact) mass is 407 g/mol. The van der Waals surface area contributed by atoms with Crippen molar-refractivity contribution in [2.75, 3.05) is 13.1 Å². The molecule has 30 heavy (non-hydrogen) atoms. The molecule has 1 fully saturated rings. The highest BCUT2D eigenvalue weighted by molar-refractivity contribution is 5.94. The van der Waals surface area contributed by atoms with E-state index in [4.69, 9.17) is 4.42 Å². The zero-order valence-electron chi connectivity index (χ0n) is 17.0. The van der Waals surface area contributed by atoms with E-state index in [2.05, 4.69) is 5.32 Å². The predicted molar refractivity (Wildman–Crippen MR) is 113 cm³/mol. The van der Waals surface area contributed by atoms with Gasteiger partial charge in [-0.3, -0.25) is 14.2 Å². The molecule has 7 heteroatoms. The summed E-state index contributed by atoms with van der Waals surface area (Å²) in [6.45, 7) is 3.61. The van der Waals surface area contributed by atoms with Crippen LogP contribution in [0.5, 0.6) is 0 Å². The van der Waals surface area contributed by atoms with Gasteiger partial charge in [0.25, 0.3) is 5.91 Å². The number of fused-ring (bicyclic) bond motifs is 1. The van der Waals surface area contributed by atoms with Crippen LogP contribution < -0.4 is 11.1 Å². The number of oxazole rings is 1. The lowest BCUT2D eigenvalue weighted by atomic mass is 10.1. The van der Waals surface area contributed by atoms with E-state index in [0.717, 1.165) is 31.5 Å². The second-order valence-electron chi connectivity index (χ2n) is 7.65. The van der Waals surface area contributed by atoms with E-state index >= 15 is 0 Å². The summed E-state index contributed by atoms with van der Waals surface area (Å²) in [5.41, 5.74) is 2.59. The molecule has 4 rings (SSSR count). The van der Waals surface area contributed by atoms with Crippen molar-refractivity contribution in [3.8, 4) is 0 Å². The lowest BCUT2D eigenvalue weighted by molar-refractivity contribution is -0.124. The maximum atomic E-state index is 12.6. The van der Waals surface area contributed by atoms with E-state index in [0.29, 0.717) is 23.2 Å². The molecule has 0 radical (unpaired) electrons. The van der Waals surface area contributed by atoms with Crippen LogP contribution in [-0.4, -0.2) is 34.4 Å². The highest BCUT2D eigenvalue weighted by Crippen LogP contribution is 2.17. The van der Waals surface area contributed by atoms with Gasteiger partial charge in [0.2, 0.25) is 5.91 Å². The Morgan fingerprint density at radius 3 is 2.47 bits per heavy atom. The van der Waals surface area contributed by atoms with Crippen molar-refractivity contribution in [3.63, 3.8) is 0 Å². The van der Waals surface area contributed by atoms with E-state index in [9.17, 15) is 14.4 Å². The maximum absolute atomic E-state index is 12.6. The molecule has 1 aromatic heterocycles. The van der Waals surface area contributed by atoms with Crippen LogP contribution >= 0.6 is 0 Å². The average Bonchev–Trinajstić information content (AvgIpc) is 3.13. The molecule has 2 heterocycles. The molecule has 0 bridgehead atoms. The van der Waals surface area contributed by atoms with Gasteiger partial charge in [-0.25, -0.2) is 4.79 Å². The van der Waals surface area contributed by atoms with Gasteiger partial charge in [0.15, 0.2) is 5.58 Å². The molecule has 1 aliphatic rings. The third-order valence-corrected chi connectivity index (χ3v) is 5.60. The molecule has 7 nitrogen and oxygen atoms in total. The number of hydrogen-bond donors (Lipinski definition) is 1. The molecule has 0 spiro atoms. The minimum Gasteiger partial charge on any atom is -0.408 e. The lowest BCUT2D eigenvalue weighted by Crippen LogP contribution is -2.35. The van der Waals surface area contributed by atoms with Crippen LogP contribution in [0.15, 0.2) is 57.7 Å². The summed E-state index contributed by atoms with van der Waals surface area (Å²) >= 11 is 0. The Bertz CT molecular complexity index is 1110. The Morgan fingerprint density at radius 1 is 1.03 bits per heavy atom. The van der Waals surface area contributed by atoms with Crippen LogP contribution in [0.1, 0.15) is 48.1 Å². The Balaban J connectivity index is 1.39. The number of carbonyl (C=O) groups is 2. The van der Waals surface area contributed by atoms with Crippen molar-refractivity contribution in [2.45, 2.75) is 38.8 Å². The van der Waals surface area contributed by atoms with Crippen molar-refractivity contribution in [3.05, 3.63) is 70.2 Å². The molecule has 2 amide bonds. The fourth-order valence-corrected chi connectivity index (χ4v) is 3.85. The number of nitrogens with one attached hydrogen (secondary N) is 1. The molecule has 0 saturated carbocycles. The SMILES string of the molecule is CC(C(=O)NCc1ccc(C(=O)N2CCCCC2)cc1)n1c(=O)oc2ccccc21. The number of aromatic nitrogens is 1. The first-order chi connectivity index (χ1) is 14.5. The number of nitrogens with zero attached hydrogens (tertiary/aromatic N) is 2. The number of amides is 2. The molecule has 0 aliphatic carbocycles. The minimum atomic E-state index is -0.707. The number of rotatable bonds is 5. The van der Waals surface area contributed by atoms with Crippen molar-refractivity contribution in [1.82, 2.24) is 14.8 Å². The number of carbonyl (C=O) groups excluding carboxylic acids is 2. The smallest absolute Gasteiger partial charge is 0.408 e. The molecule has 1 atom stereocenters. The number of piperidine rings is 1. The molecule has 1 N–H and O–H groups in total. The van der Waals surface area contributed by atoms with Crippen molar-refractivity contribution in [1.29, 1.82) is 0 Å². The summed E-state index contributed by atoms with van der Waals surface area (Å²) in [4.78, 5) is 39.2. The van der Waals surface area contributed by atoms with E-state index in [1.165, 1.54) is 11.0 Å². The first-order valence-electron chi connectivity index (χ1n) is 10.3. The normalized spacial score (nSPS) is 15.2. The average molecular weight is 407 g/mol. The van der Waals surface area contributed by atoms with Crippen LogP contribution in [0.4, 0.5) is 0 Å². The van der Waals surface area contributed by atoms with Crippen molar-refractivity contribution < 1.29 is 14.0 Å². The highest BCUT2D eigenvalue weighted by Gasteiger charge is 2.21. The Hall–Kier alpha value is -3.35. The predicted octanol–water partition coefficient (Wildman–Crippen LogP) is 3.10. The van der Waals surface area contributed by atoms with Crippen molar-refractivity contribution in [2.24, 2.45) is 0 Å². The molecule has 3 aromatic rings. The van der Waals surface area contributed by atoms with Gasteiger partial charge in [0.05, 0.1) is 5.52 Å². The zero-order chi connectivity index (χ0) is 21.1. The molecule has 2 aromatic carbocycles. The lowest BCUT2D eigenvalue weighted by Gasteiger charge is -2.26. The number of para-hydroxylation sites is 2. The highest BCUT2D eigenvalue weighted by atomic mass is 16.4. The molecular formula is C23H25N3O4. The van der Waals surface area contributed by atoms with Gasteiger partial charge >= 0.3 is 5.76 Å². The maximum Gasteiger partial charge on any atom is 0.420 e. The fourth-order valence-electron chi connectivity index (χ4n) is 3.85.